The lowest BCUT2D eigenvalue weighted by molar-refractivity contribution is 0.398. The molecule has 0 saturated heterocycles. The molecule has 0 aliphatic heterocycles. The molecular weight excluding hydrogens is 162 g/mol. The molecule has 2 atom stereocenters. The largest absolute Gasteiger partial charge is 0.330 e. The molecule has 0 bridgehead atoms. The summed E-state index contributed by atoms with van der Waals surface area (Å²) in [6.45, 7) is 2.92. The summed E-state index contributed by atoms with van der Waals surface area (Å²) in [6, 6.07) is 0.640. The normalized spacial score (nSPS) is 28.2. The van der Waals surface area contributed by atoms with Crippen molar-refractivity contribution in [2.45, 2.75) is 38.8 Å². The van der Waals surface area contributed by atoms with Gasteiger partial charge >= 0.3 is 0 Å². The average Bonchev–Trinajstić information content (AvgIpc) is 2.71. The fraction of sp³-hybridized carbons (Fsp3) is 0.700. The second-order valence-corrected chi connectivity index (χ2v) is 3.97. The van der Waals surface area contributed by atoms with Gasteiger partial charge in [-0.3, -0.25) is 0 Å². The second-order valence-electron chi connectivity index (χ2n) is 3.97. The summed E-state index contributed by atoms with van der Waals surface area (Å²) in [4.78, 5) is 4.15. The summed E-state index contributed by atoms with van der Waals surface area (Å²) in [5, 5.41) is 0. The van der Waals surface area contributed by atoms with Gasteiger partial charge in [-0.2, -0.15) is 0 Å². The van der Waals surface area contributed by atoms with Gasteiger partial charge in [-0.25, -0.2) is 4.98 Å². The van der Waals surface area contributed by atoms with Gasteiger partial charge in [0, 0.05) is 18.8 Å². The van der Waals surface area contributed by atoms with Crippen LogP contribution in [0.2, 0.25) is 0 Å². The Hall–Kier alpha value is -0.830. The summed E-state index contributed by atoms with van der Waals surface area (Å²) in [5.74, 6) is 0.777. The molecule has 1 fully saturated rings. The van der Waals surface area contributed by atoms with Crippen LogP contribution in [0.15, 0.2) is 12.5 Å². The van der Waals surface area contributed by atoms with Gasteiger partial charge in [-0.15, -0.1) is 0 Å². The van der Waals surface area contributed by atoms with Crippen LogP contribution in [0.1, 0.15) is 37.9 Å². The van der Waals surface area contributed by atoms with Crippen molar-refractivity contribution in [2.24, 2.45) is 11.7 Å². The summed E-state index contributed by atoms with van der Waals surface area (Å²) >= 11 is 0. The molecule has 2 unspecified atom stereocenters. The smallest absolute Gasteiger partial charge is 0.0951 e. The molecule has 2 rings (SSSR count). The maximum atomic E-state index is 5.65. The Morgan fingerprint density at radius 1 is 1.62 bits per heavy atom. The SMILES string of the molecule is CC1CCCC1n1cncc1CN. The highest BCUT2D eigenvalue weighted by molar-refractivity contribution is 5.01. The number of hydrogen-bond donors (Lipinski definition) is 1. The maximum Gasteiger partial charge on any atom is 0.0951 e. The first-order valence-corrected chi connectivity index (χ1v) is 5.03. The van der Waals surface area contributed by atoms with Gasteiger partial charge in [0.15, 0.2) is 0 Å². The molecule has 0 aromatic carbocycles. The molecule has 3 heteroatoms. The molecule has 0 radical (unpaired) electrons. The quantitative estimate of drug-likeness (QED) is 0.751. The number of aromatic nitrogens is 2. The van der Waals surface area contributed by atoms with Gasteiger partial charge in [0.25, 0.3) is 0 Å². The molecule has 3 nitrogen and oxygen atoms in total. The lowest BCUT2D eigenvalue weighted by Gasteiger charge is -2.19. The van der Waals surface area contributed by atoms with Crippen molar-refractivity contribution in [3.63, 3.8) is 0 Å². The highest BCUT2D eigenvalue weighted by Crippen LogP contribution is 2.35. The third kappa shape index (κ3) is 1.48. The monoisotopic (exact) mass is 179 g/mol. The van der Waals surface area contributed by atoms with E-state index < -0.39 is 0 Å². The molecule has 0 amide bonds. The Labute approximate surface area is 79.0 Å². The lowest BCUT2D eigenvalue weighted by Crippen LogP contribution is -2.15. The van der Waals surface area contributed by atoms with E-state index in [1.54, 1.807) is 0 Å². The van der Waals surface area contributed by atoms with Crippen molar-refractivity contribution < 1.29 is 0 Å². The van der Waals surface area contributed by atoms with E-state index in [2.05, 4.69) is 16.5 Å². The van der Waals surface area contributed by atoms with Crippen molar-refractivity contribution in [1.29, 1.82) is 0 Å². The molecule has 1 aliphatic carbocycles. The van der Waals surface area contributed by atoms with E-state index >= 15 is 0 Å². The molecule has 2 N–H and O–H groups in total. The Morgan fingerprint density at radius 3 is 3.08 bits per heavy atom. The first-order valence-electron chi connectivity index (χ1n) is 5.03. The molecular formula is C10H17N3. The van der Waals surface area contributed by atoms with Crippen LogP contribution >= 0.6 is 0 Å². The highest BCUT2D eigenvalue weighted by Gasteiger charge is 2.25. The zero-order valence-corrected chi connectivity index (χ0v) is 8.11. The number of nitrogens with zero attached hydrogens (tertiary/aromatic N) is 2. The molecule has 72 valence electrons. The van der Waals surface area contributed by atoms with E-state index in [1.165, 1.54) is 25.0 Å². The van der Waals surface area contributed by atoms with E-state index in [0.717, 1.165) is 5.92 Å². The van der Waals surface area contributed by atoms with Crippen molar-refractivity contribution in [2.75, 3.05) is 0 Å². The van der Waals surface area contributed by atoms with Crippen LogP contribution in [-0.4, -0.2) is 9.55 Å². The Balaban J connectivity index is 2.23. The van der Waals surface area contributed by atoms with Crippen LogP contribution in [0.4, 0.5) is 0 Å². The molecule has 1 saturated carbocycles. The highest BCUT2D eigenvalue weighted by atomic mass is 15.1. The molecule has 0 spiro atoms. The second kappa shape index (κ2) is 3.50. The Bertz CT molecular complexity index is 279. The summed E-state index contributed by atoms with van der Waals surface area (Å²) in [5.41, 5.74) is 6.81. The summed E-state index contributed by atoms with van der Waals surface area (Å²) in [7, 11) is 0. The fourth-order valence-corrected chi connectivity index (χ4v) is 2.33. The number of rotatable bonds is 2. The molecule has 1 aromatic rings. The van der Waals surface area contributed by atoms with Gasteiger partial charge in [0.05, 0.1) is 12.0 Å². The van der Waals surface area contributed by atoms with Crippen LogP contribution in [0.3, 0.4) is 0 Å². The van der Waals surface area contributed by atoms with Gasteiger partial charge in [-0.1, -0.05) is 13.3 Å². The van der Waals surface area contributed by atoms with Gasteiger partial charge in [0.2, 0.25) is 0 Å². The van der Waals surface area contributed by atoms with Crippen molar-refractivity contribution >= 4 is 0 Å². The first-order chi connectivity index (χ1) is 6.33. The number of nitrogens with two attached hydrogens (primary N) is 1. The fourth-order valence-electron chi connectivity index (χ4n) is 2.33. The maximum absolute atomic E-state index is 5.65. The molecule has 1 aromatic heterocycles. The molecule has 1 aliphatic rings. The van der Waals surface area contributed by atoms with Crippen molar-refractivity contribution in [3.05, 3.63) is 18.2 Å². The predicted octanol–water partition coefficient (Wildman–Crippen LogP) is 1.70. The van der Waals surface area contributed by atoms with Crippen LogP contribution < -0.4 is 5.73 Å². The van der Waals surface area contributed by atoms with E-state index in [0.29, 0.717) is 12.6 Å². The van der Waals surface area contributed by atoms with Gasteiger partial charge in [-0.05, 0) is 18.8 Å². The lowest BCUT2D eigenvalue weighted by atomic mass is 10.1. The van der Waals surface area contributed by atoms with Crippen LogP contribution in [-0.2, 0) is 6.54 Å². The van der Waals surface area contributed by atoms with Crippen molar-refractivity contribution in [3.8, 4) is 0 Å². The standard InChI is InChI=1S/C10H17N3/c1-8-3-2-4-10(8)13-7-12-6-9(13)5-11/h6-8,10H,2-5,11H2,1H3. The first kappa shape index (κ1) is 8.75. The minimum absolute atomic E-state index is 0.600. The van der Waals surface area contributed by atoms with Gasteiger partial charge in [0.1, 0.15) is 0 Å². The number of hydrogen-bond acceptors (Lipinski definition) is 2. The Kier molecular flexibility index (Phi) is 2.36. The van der Waals surface area contributed by atoms with E-state index in [-0.39, 0.29) is 0 Å². The number of imidazole rings is 1. The zero-order valence-electron chi connectivity index (χ0n) is 8.11. The van der Waals surface area contributed by atoms with Crippen molar-refractivity contribution in [1.82, 2.24) is 9.55 Å². The molecule has 13 heavy (non-hydrogen) atoms. The van der Waals surface area contributed by atoms with Gasteiger partial charge < -0.3 is 10.3 Å². The third-order valence-corrected chi connectivity index (χ3v) is 3.13. The van der Waals surface area contributed by atoms with Crippen LogP contribution in [0.25, 0.3) is 0 Å². The topological polar surface area (TPSA) is 43.8 Å². The molecule has 1 heterocycles. The summed E-state index contributed by atoms with van der Waals surface area (Å²) in [6.07, 6.45) is 7.77. The Morgan fingerprint density at radius 2 is 2.46 bits per heavy atom. The minimum Gasteiger partial charge on any atom is -0.330 e. The van der Waals surface area contributed by atoms with E-state index in [4.69, 9.17) is 5.73 Å². The van der Waals surface area contributed by atoms with Crippen LogP contribution in [0, 0.1) is 5.92 Å². The zero-order chi connectivity index (χ0) is 9.26. The third-order valence-electron chi connectivity index (χ3n) is 3.13. The van der Waals surface area contributed by atoms with E-state index in [9.17, 15) is 0 Å². The predicted molar refractivity (Wildman–Crippen MR) is 52.2 cm³/mol. The summed E-state index contributed by atoms with van der Waals surface area (Å²) < 4.78 is 2.26. The minimum atomic E-state index is 0.600. The van der Waals surface area contributed by atoms with E-state index in [1.807, 2.05) is 12.5 Å². The van der Waals surface area contributed by atoms with Crippen LogP contribution in [0.5, 0.6) is 0 Å². The average molecular weight is 179 g/mol.